The maximum atomic E-state index is 10.9. The van der Waals surface area contributed by atoms with E-state index < -0.39 is 5.60 Å². The fourth-order valence-electron chi connectivity index (χ4n) is 3.35. The number of hydrogen-bond acceptors (Lipinski definition) is 3. The number of nitrogens with zero attached hydrogens (tertiary/aromatic N) is 1. The number of rotatable bonds is 1. The third kappa shape index (κ3) is 1.87. The molecule has 1 aromatic heterocycles. The Morgan fingerprint density at radius 2 is 2.41 bits per heavy atom. The topological polar surface area (TPSA) is 42.4 Å². The van der Waals surface area contributed by atoms with Gasteiger partial charge in [-0.15, -0.1) is 0 Å². The minimum atomic E-state index is -0.614. The van der Waals surface area contributed by atoms with Gasteiger partial charge >= 0.3 is 0 Å². The van der Waals surface area contributed by atoms with Gasteiger partial charge in [-0.2, -0.15) is 0 Å². The van der Waals surface area contributed by atoms with Gasteiger partial charge in [0.15, 0.2) is 0 Å². The number of ether oxygens (including phenoxy) is 1. The molecule has 1 aromatic rings. The number of fused-ring (bicyclic) bond motifs is 1. The maximum absolute atomic E-state index is 10.9. The molecule has 92 valence electrons. The average Bonchev–Trinajstić information content (AvgIpc) is 2.72. The summed E-state index contributed by atoms with van der Waals surface area (Å²) in [7, 11) is 0. The molecule has 3 atom stereocenters. The van der Waals surface area contributed by atoms with Crippen LogP contribution in [0.4, 0.5) is 0 Å². The molecule has 1 N–H and O–H groups in total. The highest BCUT2D eigenvalue weighted by molar-refractivity contribution is 5.31. The summed E-state index contributed by atoms with van der Waals surface area (Å²) in [5.41, 5.74) is 1.81. The van der Waals surface area contributed by atoms with Gasteiger partial charge in [0.25, 0.3) is 0 Å². The summed E-state index contributed by atoms with van der Waals surface area (Å²) in [5, 5.41) is 10.9. The van der Waals surface area contributed by atoms with Crippen LogP contribution in [-0.4, -0.2) is 28.4 Å². The van der Waals surface area contributed by atoms with Crippen LogP contribution in [0.25, 0.3) is 0 Å². The molecule has 1 saturated heterocycles. The largest absolute Gasteiger partial charge is 0.389 e. The summed E-state index contributed by atoms with van der Waals surface area (Å²) in [6.07, 6.45) is 5.53. The Kier molecular flexibility index (Phi) is 2.68. The van der Waals surface area contributed by atoms with Crippen molar-refractivity contribution in [2.24, 2.45) is 0 Å². The van der Waals surface area contributed by atoms with Crippen LogP contribution in [-0.2, 0) is 11.2 Å². The Labute approximate surface area is 102 Å². The molecule has 0 radical (unpaired) electrons. The lowest BCUT2D eigenvalue weighted by molar-refractivity contribution is -0.110. The zero-order chi connectivity index (χ0) is 11.9. The van der Waals surface area contributed by atoms with Crippen molar-refractivity contribution < 1.29 is 9.84 Å². The molecule has 0 amide bonds. The van der Waals surface area contributed by atoms with Gasteiger partial charge in [-0.1, -0.05) is 6.07 Å². The summed E-state index contributed by atoms with van der Waals surface area (Å²) in [5.74, 6) is 0.199. The van der Waals surface area contributed by atoms with E-state index in [2.05, 4.69) is 11.1 Å². The van der Waals surface area contributed by atoms with Gasteiger partial charge in [0.1, 0.15) is 0 Å². The molecule has 2 heterocycles. The maximum Gasteiger partial charge on any atom is 0.0777 e. The number of pyridine rings is 1. The molecule has 1 aliphatic carbocycles. The summed E-state index contributed by atoms with van der Waals surface area (Å²) in [6.45, 7) is 2.70. The van der Waals surface area contributed by atoms with Gasteiger partial charge in [-0.05, 0) is 31.4 Å². The quantitative estimate of drug-likeness (QED) is 0.807. The Hall–Kier alpha value is -0.930. The van der Waals surface area contributed by atoms with Crippen LogP contribution < -0.4 is 0 Å². The molecule has 0 aromatic carbocycles. The fourth-order valence-corrected chi connectivity index (χ4v) is 3.35. The minimum Gasteiger partial charge on any atom is -0.389 e. The van der Waals surface area contributed by atoms with Crippen molar-refractivity contribution in [2.75, 3.05) is 6.61 Å². The number of aromatic nitrogens is 1. The summed E-state index contributed by atoms with van der Waals surface area (Å²) in [4.78, 5) is 4.49. The Morgan fingerprint density at radius 1 is 1.53 bits per heavy atom. The first-order valence-electron chi connectivity index (χ1n) is 6.47. The highest BCUT2D eigenvalue weighted by Gasteiger charge is 2.44. The van der Waals surface area contributed by atoms with Crippen LogP contribution in [0.3, 0.4) is 0 Å². The normalized spacial score (nSPS) is 36.8. The molecule has 0 saturated carbocycles. The van der Waals surface area contributed by atoms with Crippen molar-refractivity contribution in [3.05, 3.63) is 29.6 Å². The molecule has 17 heavy (non-hydrogen) atoms. The lowest BCUT2D eigenvalue weighted by atomic mass is 9.78. The predicted octanol–water partition coefficient (Wildman–Crippen LogP) is 2.04. The van der Waals surface area contributed by atoms with Crippen molar-refractivity contribution in [3.63, 3.8) is 0 Å². The third-order valence-electron chi connectivity index (χ3n) is 4.19. The van der Waals surface area contributed by atoms with E-state index in [0.29, 0.717) is 6.61 Å². The molecular weight excluding hydrogens is 214 g/mol. The van der Waals surface area contributed by atoms with Crippen molar-refractivity contribution in [3.8, 4) is 0 Å². The Balaban J connectivity index is 1.90. The average molecular weight is 233 g/mol. The molecular formula is C14H19NO2. The van der Waals surface area contributed by atoms with Crippen molar-refractivity contribution >= 4 is 0 Å². The van der Waals surface area contributed by atoms with Crippen molar-refractivity contribution in [1.82, 2.24) is 4.98 Å². The minimum absolute atomic E-state index is 0.154. The van der Waals surface area contributed by atoms with E-state index >= 15 is 0 Å². The number of aliphatic hydroxyl groups is 1. The molecule has 0 bridgehead atoms. The van der Waals surface area contributed by atoms with Crippen LogP contribution in [0.2, 0.25) is 0 Å². The monoisotopic (exact) mass is 233 g/mol. The van der Waals surface area contributed by atoms with Crippen LogP contribution in [0, 0.1) is 0 Å². The van der Waals surface area contributed by atoms with Crippen LogP contribution in [0.5, 0.6) is 0 Å². The first kappa shape index (κ1) is 11.2. The summed E-state index contributed by atoms with van der Waals surface area (Å²) >= 11 is 0. The Bertz CT molecular complexity index is 420. The molecule has 3 nitrogen and oxygen atoms in total. The van der Waals surface area contributed by atoms with E-state index in [0.717, 1.165) is 31.4 Å². The molecule has 0 spiro atoms. The molecule has 2 aliphatic rings. The van der Waals surface area contributed by atoms with Crippen LogP contribution in [0.1, 0.15) is 43.4 Å². The molecule has 3 heteroatoms. The molecule has 1 aliphatic heterocycles. The second-order valence-electron chi connectivity index (χ2n) is 5.38. The van der Waals surface area contributed by atoms with Crippen molar-refractivity contribution in [1.29, 1.82) is 0 Å². The first-order valence-corrected chi connectivity index (χ1v) is 6.47. The van der Waals surface area contributed by atoms with Gasteiger partial charge in [0, 0.05) is 37.3 Å². The molecule has 1 fully saturated rings. The zero-order valence-corrected chi connectivity index (χ0v) is 10.2. The number of aryl methyl sites for hydroxylation is 1. The standard InChI is InChI=1S/C14H19NO2/c1-10-9-14(16,6-8-17-10)12-5-4-11-3-2-7-15-13(11)12/h2-3,7,10,12,16H,4-6,8-9H2,1H3. The second-order valence-corrected chi connectivity index (χ2v) is 5.38. The lowest BCUT2D eigenvalue weighted by Gasteiger charge is -2.40. The van der Waals surface area contributed by atoms with Gasteiger partial charge < -0.3 is 9.84 Å². The molecule has 3 rings (SSSR count). The van der Waals surface area contributed by atoms with Crippen LogP contribution in [0.15, 0.2) is 18.3 Å². The van der Waals surface area contributed by atoms with E-state index in [-0.39, 0.29) is 12.0 Å². The highest BCUT2D eigenvalue weighted by Crippen LogP contribution is 2.44. The first-order chi connectivity index (χ1) is 8.19. The van der Waals surface area contributed by atoms with Crippen LogP contribution >= 0.6 is 0 Å². The van der Waals surface area contributed by atoms with E-state index in [9.17, 15) is 5.11 Å². The van der Waals surface area contributed by atoms with E-state index in [4.69, 9.17) is 4.74 Å². The lowest BCUT2D eigenvalue weighted by Crippen LogP contribution is -2.44. The van der Waals surface area contributed by atoms with E-state index in [1.54, 1.807) is 0 Å². The Morgan fingerprint density at radius 3 is 3.24 bits per heavy atom. The third-order valence-corrected chi connectivity index (χ3v) is 4.19. The van der Waals surface area contributed by atoms with Gasteiger partial charge in [-0.25, -0.2) is 0 Å². The van der Waals surface area contributed by atoms with Gasteiger partial charge in [-0.3, -0.25) is 4.98 Å². The van der Waals surface area contributed by atoms with Crippen molar-refractivity contribution in [2.45, 2.75) is 50.2 Å². The van der Waals surface area contributed by atoms with E-state index in [1.165, 1.54) is 5.56 Å². The second kappa shape index (κ2) is 4.07. The smallest absolute Gasteiger partial charge is 0.0777 e. The predicted molar refractivity (Wildman–Crippen MR) is 64.9 cm³/mol. The fraction of sp³-hybridized carbons (Fsp3) is 0.643. The summed E-state index contributed by atoms with van der Waals surface area (Å²) in [6, 6.07) is 4.12. The SMILES string of the molecule is CC1CC(O)(C2CCc3cccnc32)CCO1. The summed E-state index contributed by atoms with van der Waals surface area (Å²) < 4.78 is 5.54. The zero-order valence-electron chi connectivity index (χ0n) is 10.2. The highest BCUT2D eigenvalue weighted by atomic mass is 16.5. The van der Waals surface area contributed by atoms with Gasteiger partial charge in [0.05, 0.1) is 11.7 Å². The van der Waals surface area contributed by atoms with E-state index in [1.807, 2.05) is 19.2 Å². The molecule has 3 unspecified atom stereocenters. The van der Waals surface area contributed by atoms with Gasteiger partial charge in [0.2, 0.25) is 0 Å². The number of hydrogen-bond donors (Lipinski definition) is 1.